The first-order valence-corrected chi connectivity index (χ1v) is 11.6. The predicted molar refractivity (Wildman–Crippen MR) is 128 cm³/mol. The van der Waals surface area contributed by atoms with Crippen LogP contribution in [0.1, 0.15) is 17.8 Å². The van der Waals surface area contributed by atoms with Crippen molar-refractivity contribution >= 4 is 46.0 Å². The van der Waals surface area contributed by atoms with E-state index in [4.69, 9.17) is 4.74 Å². The van der Waals surface area contributed by atoms with Crippen LogP contribution in [-0.2, 0) is 19.1 Å². The third-order valence-corrected chi connectivity index (χ3v) is 6.41. The molecule has 0 fully saturated rings. The van der Waals surface area contributed by atoms with Crippen molar-refractivity contribution < 1.29 is 24.2 Å². The fraction of sp³-hybridized carbons (Fsp3) is 0.250. The van der Waals surface area contributed by atoms with Crippen molar-refractivity contribution in [2.24, 2.45) is 0 Å². The van der Waals surface area contributed by atoms with E-state index < -0.39 is 17.9 Å². The average Bonchev–Trinajstić information content (AvgIpc) is 3.37. The molecule has 1 aliphatic heterocycles. The summed E-state index contributed by atoms with van der Waals surface area (Å²) >= 11 is 1.36. The fourth-order valence-electron chi connectivity index (χ4n) is 4.02. The standard InChI is InChI=1S/C24H24N4O5S/c1-2-33-12-10-28-23(30)21(26-18-15-25-14-16-6-3-4-7-17(16)18)20(24(31)32)22(27(28)9-11-29)19-8-5-13-34-19/h3-8,11,13-15,22,26H,2,9-10,12H2,1H3,(H,31,32). The first kappa shape index (κ1) is 23.6. The number of hydrogen-bond acceptors (Lipinski definition) is 8. The van der Waals surface area contributed by atoms with Gasteiger partial charge in [-0.05, 0) is 18.4 Å². The van der Waals surface area contributed by atoms with E-state index in [9.17, 15) is 19.5 Å². The lowest BCUT2D eigenvalue weighted by Crippen LogP contribution is -2.56. The van der Waals surface area contributed by atoms with Crippen LogP contribution in [0.25, 0.3) is 10.8 Å². The van der Waals surface area contributed by atoms with Crippen LogP contribution in [0.15, 0.2) is 65.4 Å². The highest BCUT2D eigenvalue weighted by Crippen LogP contribution is 2.39. The summed E-state index contributed by atoms with van der Waals surface area (Å²) in [5.74, 6) is -1.80. The van der Waals surface area contributed by atoms with Crippen LogP contribution in [0, 0.1) is 0 Å². The highest BCUT2D eigenvalue weighted by molar-refractivity contribution is 7.10. The van der Waals surface area contributed by atoms with Crippen LogP contribution in [-0.4, -0.2) is 64.6 Å². The van der Waals surface area contributed by atoms with Crippen molar-refractivity contribution in [2.45, 2.75) is 13.0 Å². The summed E-state index contributed by atoms with van der Waals surface area (Å²) in [7, 11) is 0. The molecule has 1 aliphatic rings. The molecule has 0 spiro atoms. The number of anilines is 1. The maximum atomic E-state index is 13.7. The van der Waals surface area contributed by atoms with Crippen LogP contribution in [0.5, 0.6) is 0 Å². The summed E-state index contributed by atoms with van der Waals surface area (Å²) in [6.45, 7) is 2.56. The largest absolute Gasteiger partial charge is 0.478 e. The number of carboxylic acid groups (broad SMARTS) is 1. The lowest BCUT2D eigenvalue weighted by molar-refractivity contribution is -0.157. The van der Waals surface area contributed by atoms with Crippen molar-refractivity contribution in [1.82, 2.24) is 15.0 Å². The van der Waals surface area contributed by atoms with Gasteiger partial charge in [0.2, 0.25) is 0 Å². The first-order chi connectivity index (χ1) is 16.6. The van der Waals surface area contributed by atoms with Crippen molar-refractivity contribution in [3.8, 4) is 0 Å². The summed E-state index contributed by atoms with van der Waals surface area (Å²) < 4.78 is 5.45. The van der Waals surface area contributed by atoms with Gasteiger partial charge < -0.3 is 20.0 Å². The third kappa shape index (κ3) is 4.56. The number of benzene rings is 1. The fourth-order valence-corrected chi connectivity index (χ4v) is 4.86. The van der Waals surface area contributed by atoms with Crippen LogP contribution in [0.3, 0.4) is 0 Å². The topological polar surface area (TPSA) is 112 Å². The lowest BCUT2D eigenvalue weighted by Gasteiger charge is -2.43. The van der Waals surface area contributed by atoms with Gasteiger partial charge in [0.15, 0.2) is 0 Å². The molecule has 3 aromatic rings. The molecular formula is C24H24N4O5S. The van der Waals surface area contributed by atoms with E-state index in [2.05, 4.69) is 10.3 Å². The molecule has 3 heterocycles. The monoisotopic (exact) mass is 480 g/mol. The number of fused-ring (bicyclic) bond motifs is 1. The van der Waals surface area contributed by atoms with Gasteiger partial charge in [-0.2, -0.15) is 5.01 Å². The summed E-state index contributed by atoms with van der Waals surface area (Å²) in [5.41, 5.74) is 0.316. The number of aliphatic carboxylic acids is 1. The molecular weight excluding hydrogens is 456 g/mol. The minimum Gasteiger partial charge on any atom is -0.478 e. The van der Waals surface area contributed by atoms with Gasteiger partial charge >= 0.3 is 5.97 Å². The Balaban J connectivity index is 1.88. The van der Waals surface area contributed by atoms with Gasteiger partial charge in [-0.25, -0.2) is 4.79 Å². The molecule has 176 valence electrons. The zero-order valence-electron chi connectivity index (χ0n) is 18.5. The Labute approximate surface area is 200 Å². The number of carbonyl (C=O) groups excluding carboxylic acids is 2. The maximum absolute atomic E-state index is 13.7. The number of ether oxygens (including phenoxy) is 1. The number of amides is 1. The zero-order chi connectivity index (χ0) is 24.1. The number of aromatic nitrogens is 1. The van der Waals surface area contributed by atoms with Gasteiger partial charge in [0.25, 0.3) is 5.91 Å². The number of thiophene rings is 1. The quantitative estimate of drug-likeness (QED) is 0.336. The highest BCUT2D eigenvalue weighted by Gasteiger charge is 2.44. The van der Waals surface area contributed by atoms with Crippen molar-refractivity contribution in [2.75, 3.05) is 31.6 Å². The predicted octanol–water partition coefficient (Wildman–Crippen LogP) is 3.08. The molecule has 1 aromatic carbocycles. The molecule has 9 nitrogen and oxygen atoms in total. The van der Waals surface area contributed by atoms with Gasteiger partial charge in [-0.15, -0.1) is 11.3 Å². The van der Waals surface area contributed by atoms with E-state index in [1.807, 2.05) is 36.6 Å². The SMILES string of the molecule is CCOCCN1C(=O)C(Nc2cncc3ccccc23)=C(C(=O)O)C(c2cccs2)N1CC=O. The lowest BCUT2D eigenvalue weighted by atomic mass is 9.98. The Hall–Kier alpha value is -3.60. The molecule has 0 bridgehead atoms. The van der Waals surface area contributed by atoms with Crippen LogP contribution in [0.2, 0.25) is 0 Å². The van der Waals surface area contributed by atoms with Gasteiger partial charge in [-0.1, -0.05) is 30.3 Å². The first-order valence-electron chi connectivity index (χ1n) is 10.8. The Morgan fingerprint density at radius 1 is 1.26 bits per heavy atom. The second-order valence-electron chi connectivity index (χ2n) is 7.46. The van der Waals surface area contributed by atoms with E-state index >= 15 is 0 Å². The number of aldehydes is 1. The van der Waals surface area contributed by atoms with Crippen molar-refractivity contribution in [1.29, 1.82) is 0 Å². The Kier molecular flexibility index (Phi) is 7.31. The molecule has 2 aromatic heterocycles. The van der Waals surface area contributed by atoms with E-state index in [0.29, 0.717) is 23.5 Å². The molecule has 10 heteroatoms. The number of hydrazine groups is 1. The number of rotatable bonds is 10. The number of nitrogens with one attached hydrogen (secondary N) is 1. The van der Waals surface area contributed by atoms with Gasteiger partial charge in [-0.3, -0.25) is 14.8 Å². The zero-order valence-corrected chi connectivity index (χ0v) is 19.3. The molecule has 0 saturated heterocycles. The molecule has 0 aliphatic carbocycles. The molecule has 1 atom stereocenters. The summed E-state index contributed by atoms with van der Waals surface area (Å²) in [5, 5.41) is 19.7. The summed E-state index contributed by atoms with van der Waals surface area (Å²) in [6.07, 6.45) is 3.92. The second kappa shape index (κ2) is 10.6. The van der Waals surface area contributed by atoms with Gasteiger partial charge in [0.05, 0.1) is 43.2 Å². The molecule has 0 radical (unpaired) electrons. The molecule has 1 unspecified atom stereocenters. The molecule has 4 rings (SSSR count). The molecule has 0 saturated carbocycles. The molecule has 34 heavy (non-hydrogen) atoms. The number of nitrogens with zero attached hydrogens (tertiary/aromatic N) is 3. The molecule has 2 N–H and O–H groups in total. The highest BCUT2D eigenvalue weighted by atomic mass is 32.1. The summed E-state index contributed by atoms with van der Waals surface area (Å²) in [4.78, 5) is 42.8. The number of carbonyl (C=O) groups is 3. The van der Waals surface area contributed by atoms with Crippen molar-refractivity contribution in [3.63, 3.8) is 0 Å². The van der Waals surface area contributed by atoms with Crippen LogP contribution in [0.4, 0.5) is 5.69 Å². The number of carboxylic acids is 1. The number of pyridine rings is 1. The smallest absolute Gasteiger partial charge is 0.335 e. The van der Waals surface area contributed by atoms with Crippen LogP contribution < -0.4 is 5.32 Å². The van der Waals surface area contributed by atoms with E-state index in [1.54, 1.807) is 24.5 Å². The molecule has 1 amide bonds. The van der Waals surface area contributed by atoms with E-state index in [0.717, 1.165) is 10.8 Å². The van der Waals surface area contributed by atoms with E-state index in [-0.39, 0.29) is 31.0 Å². The average molecular weight is 481 g/mol. The Bertz CT molecular complexity index is 1220. The summed E-state index contributed by atoms with van der Waals surface area (Å²) in [6, 6.07) is 10.3. The number of hydrogen-bond donors (Lipinski definition) is 2. The van der Waals surface area contributed by atoms with Crippen LogP contribution >= 0.6 is 11.3 Å². The van der Waals surface area contributed by atoms with E-state index in [1.165, 1.54) is 21.4 Å². The van der Waals surface area contributed by atoms with Gasteiger partial charge in [0.1, 0.15) is 12.0 Å². The Morgan fingerprint density at radius 2 is 2.09 bits per heavy atom. The maximum Gasteiger partial charge on any atom is 0.335 e. The van der Waals surface area contributed by atoms with Gasteiger partial charge in [0, 0.05) is 28.5 Å². The second-order valence-corrected chi connectivity index (χ2v) is 8.44. The minimum atomic E-state index is -1.25. The third-order valence-electron chi connectivity index (χ3n) is 5.48. The van der Waals surface area contributed by atoms with Crippen molar-refractivity contribution in [3.05, 3.63) is 70.3 Å². The Morgan fingerprint density at radius 3 is 2.79 bits per heavy atom. The minimum absolute atomic E-state index is 0.0669. The normalized spacial score (nSPS) is 16.8.